The number of hydrogen-bond donors (Lipinski definition) is 0. The van der Waals surface area contributed by atoms with E-state index in [0.717, 1.165) is 8.58 Å². The first kappa shape index (κ1) is 15.2. The fraction of sp³-hybridized carbons (Fsp3) is 1.00. The van der Waals surface area contributed by atoms with Gasteiger partial charge in [-0.2, -0.15) is 0 Å². The second-order valence-electron chi connectivity index (χ2n) is 5.85. The fourth-order valence-electron chi connectivity index (χ4n) is 3.11. The van der Waals surface area contributed by atoms with Gasteiger partial charge in [0.05, 0.1) is 4.08 Å². The summed E-state index contributed by atoms with van der Waals surface area (Å²) in [5, 5.41) is 1.15. The van der Waals surface area contributed by atoms with Crippen LogP contribution in [0.25, 0.3) is 0 Å². The molecule has 96 valence electrons. The van der Waals surface area contributed by atoms with Crippen LogP contribution in [0.2, 0.25) is 0 Å². The molecule has 0 aliphatic carbocycles. The molecule has 0 aromatic heterocycles. The van der Waals surface area contributed by atoms with E-state index in [1.807, 2.05) is 13.8 Å². The minimum absolute atomic E-state index is 0.575. The largest absolute Gasteiger partial charge is 0.143 e. The summed E-state index contributed by atoms with van der Waals surface area (Å²) in [6.07, 6.45) is 2.86. The zero-order valence-electron chi connectivity index (χ0n) is 11.6. The lowest BCUT2D eigenvalue weighted by atomic mass is 9.96. The Kier molecular flexibility index (Phi) is 5.13. The zero-order valence-corrected chi connectivity index (χ0v) is 14.3. The van der Waals surface area contributed by atoms with E-state index >= 15 is 0 Å². The zero-order chi connectivity index (χ0) is 12.4. The molecule has 2 fully saturated rings. The minimum atomic E-state index is 0.575. The van der Waals surface area contributed by atoms with Crippen molar-refractivity contribution in [3.8, 4) is 0 Å². The molecule has 0 amide bonds. The minimum Gasteiger partial charge on any atom is -0.143 e. The van der Waals surface area contributed by atoms with Gasteiger partial charge in [-0.25, -0.2) is 0 Å². The van der Waals surface area contributed by atoms with Gasteiger partial charge in [0.1, 0.15) is 0 Å². The average molecular weight is 278 g/mol. The lowest BCUT2D eigenvalue weighted by Gasteiger charge is -2.49. The Morgan fingerprint density at radius 2 is 1.19 bits per heavy atom. The van der Waals surface area contributed by atoms with Crippen molar-refractivity contribution in [2.75, 3.05) is 11.5 Å². The number of rotatable bonds is 0. The van der Waals surface area contributed by atoms with Crippen LogP contribution in [0.5, 0.6) is 0 Å². The highest BCUT2D eigenvalue weighted by molar-refractivity contribution is 8.21. The number of thioether (sulfide) groups is 2. The van der Waals surface area contributed by atoms with Crippen LogP contribution in [0.4, 0.5) is 0 Å². The molecule has 2 heterocycles. The molecule has 16 heavy (non-hydrogen) atoms. The molecule has 2 aliphatic rings. The van der Waals surface area contributed by atoms with Gasteiger partial charge in [0, 0.05) is 11.5 Å². The quantitative estimate of drug-likeness (QED) is 0.557. The van der Waals surface area contributed by atoms with E-state index in [9.17, 15) is 0 Å². The normalized spacial score (nSPS) is 29.6. The Bertz CT molecular complexity index is 212. The van der Waals surface area contributed by atoms with Gasteiger partial charge in [-0.3, -0.25) is 0 Å². The van der Waals surface area contributed by atoms with Crippen LogP contribution < -0.4 is 0 Å². The average Bonchev–Trinajstić information content (AvgIpc) is 2.50. The Morgan fingerprint density at radius 3 is 1.56 bits per heavy atom. The molecule has 1 spiro atoms. The highest BCUT2D eigenvalue weighted by Crippen LogP contribution is 2.64. The third-order valence-electron chi connectivity index (χ3n) is 2.91. The van der Waals surface area contributed by atoms with E-state index < -0.39 is 0 Å². The fourth-order valence-corrected chi connectivity index (χ4v) is 10.3. The van der Waals surface area contributed by atoms with Crippen molar-refractivity contribution in [2.45, 2.75) is 68.8 Å². The first-order chi connectivity index (χ1) is 7.33. The van der Waals surface area contributed by atoms with E-state index in [1.54, 1.807) is 0 Å². The molecule has 0 nitrogen and oxygen atoms in total. The van der Waals surface area contributed by atoms with E-state index in [4.69, 9.17) is 0 Å². The summed E-state index contributed by atoms with van der Waals surface area (Å²) in [5.41, 5.74) is 0. The molecule has 0 saturated carbocycles. The molecule has 3 heteroatoms. The molecular formula is C13H27PS2. The van der Waals surface area contributed by atoms with Gasteiger partial charge in [-0.05, 0) is 23.2 Å². The van der Waals surface area contributed by atoms with Gasteiger partial charge >= 0.3 is 0 Å². The summed E-state index contributed by atoms with van der Waals surface area (Å²) in [5.74, 6) is 2.75. The molecule has 0 aromatic carbocycles. The maximum atomic E-state index is 2.47. The lowest BCUT2D eigenvalue weighted by Crippen LogP contribution is -2.42. The van der Waals surface area contributed by atoms with Crippen molar-refractivity contribution < 1.29 is 0 Å². The van der Waals surface area contributed by atoms with Crippen LogP contribution in [0.15, 0.2) is 0 Å². The summed E-state index contributed by atoms with van der Waals surface area (Å²) in [4.78, 5) is 0. The van der Waals surface area contributed by atoms with Crippen molar-refractivity contribution in [3.05, 3.63) is 0 Å². The van der Waals surface area contributed by atoms with Crippen LogP contribution in [0.3, 0.4) is 0 Å². The van der Waals surface area contributed by atoms with E-state index in [2.05, 4.69) is 51.2 Å². The molecule has 2 saturated heterocycles. The highest BCUT2D eigenvalue weighted by Gasteiger charge is 2.49. The van der Waals surface area contributed by atoms with Crippen molar-refractivity contribution >= 4 is 32.1 Å². The maximum Gasteiger partial charge on any atom is 0.0628 e. The predicted octanol–water partition coefficient (Wildman–Crippen LogP) is 5.22. The maximum absolute atomic E-state index is 2.47. The molecule has 0 N–H and O–H groups in total. The summed E-state index contributed by atoms with van der Waals surface area (Å²) < 4.78 is 0.582. The Hall–Kier alpha value is 1.13. The van der Waals surface area contributed by atoms with Crippen molar-refractivity contribution in [1.29, 1.82) is 0 Å². The topological polar surface area (TPSA) is 0 Å². The van der Waals surface area contributed by atoms with E-state index in [0.29, 0.717) is 14.4 Å². The third kappa shape index (κ3) is 3.82. The SMILES string of the molecule is CC.CC1(C)CC2(CC(C)(C)P1)SCCS2. The second kappa shape index (κ2) is 5.41. The molecule has 2 rings (SSSR count). The van der Waals surface area contributed by atoms with Gasteiger partial charge in [0.2, 0.25) is 0 Å². The van der Waals surface area contributed by atoms with Gasteiger partial charge in [0.25, 0.3) is 0 Å². The van der Waals surface area contributed by atoms with Crippen LogP contribution in [0, 0.1) is 0 Å². The predicted molar refractivity (Wildman–Crippen MR) is 84.7 cm³/mol. The van der Waals surface area contributed by atoms with Crippen molar-refractivity contribution in [2.24, 2.45) is 0 Å². The van der Waals surface area contributed by atoms with Gasteiger partial charge in [-0.15, -0.1) is 32.1 Å². The Balaban J connectivity index is 0.000000606. The second-order valence-corrected chi connectivity index (χ2v) is 12.0. The lowest BCUT2D eigenvalue weighted by molar-refractivity contribution is 0.466. The van der Waals surface area contributed by atoms with Crippen molar-refractivity contribution in [1.82, 2.24) is 0 Å². The standard InChI is InChI=1S/C11H21PS2.C2H6/c1-9(2)7-11(13-5-6-14-11)8-10(3,4)12-9;1-2/h12H,5-8H2,1-4H3;1-2H3. The summed E-state index contributed by atoms with van der Waals surface area (Å²) in [6.45, 7) is 13.9. The van der Waals surface area contributed by atoms with Crippen LogP contribution in [-0.4, -0.2) is 25.9 Å². The number of hydrogen-bond acceptors (Lipinski definition) is 2. The van der Waals surface area contributed by atoms with Gasteiger partial charge < -0.3 is 0 Å². The van der Waals surface area contributed by atoms with Crippen LogP contribution in [-0.2, 0) is 0 Å². The molecule has 0 unspecified atom stereocenters. The van der Waals surface area contributed by atoms with Crippen LogP contribution in [0.1, 0.15) is 54.4 Å². The molecule has 0 aromatic rings. The van der Waals surface area contributed by atoms with Crippen molar-refractivity contribution in [3.63, 3.8) is 0 Å². The third-order valence-corrected chi connectivity index (χ3v) is 8.03. The van der Waals surface area contributed by atoms with Gasteiger partial charge in [0.15, 0.2) is 0 Å². The van der Waals surface area contributed by atoms with E-state index in [1.165, 1.54) is 24.3 Å². The Morgan fingerprint density at radius 1 is 0.812 bits per heavy atom. The first-order valence-electron chi connectivity index (χ1n) is 6.40. The molecular weight excluding hydrogens is 251 g/mol. The molecule has 2 aliphatic heterocycles. The molecule has 0 bridgehead atoms. The van der Waals surface area contributed by atoms with Gasteiger partial charge in [-0.1, -0.05) is 41.5 Å². The Labute approximate surface area is 112 Å². The highest BCUT2D eigenvalue weighted by atomic mass is 32.2. The summed E-state index contributed by atoms with van der Waals surface area (Å²) >= 11 is 4.48. The smallest absolute Gasteiger partial charge is 0.0628 e. The molecule has 0 atom stereocenters. The first-order valence-corrected chi connectivity index (χ1v) is 9.37. The van der Waals surface area contributed by atoms with E-state index in [-0.39, 0.29) is 0 Å². The monoisotopic (exact) mass is 278 g/mol. The summed E-state index contributed by atoms with van der Waals surface area (Å²) in [7, 11) is 1.13. The summed E-state index contributed by atoms with van der Waals surface area (Å²) in [6, 6.07) is 0. The molecule has 0 radical (unpaired) electrons. The van der Waals surface area contributed by atoms with Crippen LogP contribution >= 0.6 is 32.1 Å².